The molecule has 1 aliphatic carbocycles. The number of hydrogen-bond donors (Lipinski definition) is 1. The number of hydrogen-bond acceptors (Lipinski definition) is 2. The van der Waals surface area contributed by atoms with Gasteiger partial charge in [-0.05, 0) is 49.1 Å². The summed E-state index contributed by atoms with van der Waals surface area (Å²) in [5.74, 6) is 1.84. The van der Waals surface area contributed by atoms with Crippen molar-refractivity contribution in [3.63, 3.8) is 0 Å². The highest BCUT2D eigenvalue weighted by molar-refractivity contribution is 5.06. The Morgan fingerprint density at radius 2 is 2.00 bits per heavy atom. The van der Waals surface area contributed by atoms with Gasteiger partial charge in [0.25, 0.3) is 0 Å². The molecule has 1 aromatic heterocycles. The van der Waals surface area contributed by atoms with E-state index in [-0.39, 0.29) is 5.54 Å². The number of rotatable bonds is 2. The van der Waals surface area contributed by atoms with E-state index in [1.807, 2.05) is 12.1 Å². The summed E-state index contributed by atoms with van der Waals surface area (Å²) in [7, 11) is 0. The molecule has 0 atom stereocenters. The van der Waals surface area contributed by atoms with Gasteiger partial charge in [0.1, 0.15) is 5.76 Å². The minimum Gasteiger partial charge on any atom is -0.469 e. The summed E-state index contributed by atoms with van der Waals surface area (Å²) in [5, 5.41) is 0. The average molecular weight is 235 g/mol. The summed E-state index contributed by atoms with van der Waals surface area (Å²) in [6.45, 7) is 7.02. The zero-order chi connectivity index (χ0) is 12.5. The van der Waals surface area contributed by atoms with Crippen LogP contribution in [0.5, 0.6) is 0 Å². The predicted octanol–water partition coefficient (Wildman–Crippen LogP) is 3.76. The van der Waals surface area contributed by atoms with Crippen LogP contribution in [0.25, 0.3) is 0 Å². The second-order valence-corrected chi connectivity index (χ2v) is 6.76. The maximum atomic E-state index is 6.50. The molecule has 1 heterocycles. The number of nitrogens with two attached hydrogens (primary N) is 1. The molecule has 0 radical (unpaired) electrons. The Morgan fingerprint density at radius 1 is 1.35 bits per heavy atom. The average Bonchev–Trinajstić information content (AvgIpc) is 2.68. The summed E-state index contributed by atoms with van der Waals surface area (Å²) in [5.41, 5.74) is 6.88. The van der Waals surface area contributed by atoms with Crippen LogP contribution in [0.15, 0.2) is 22.8 Å². The molecule has 17 heavy (non-hydrogen) atoms. The second kappa shape index (κ2) is 4.49. The Balaban J connectivity index is 1.93. The molecule has 2 N–H and O–H groups in total. The fraction of sp³-hybridized carbons (Fsp3) is 0.733. The predicted molar refractivity (Wildman–Crippen MR) is 70.7 cm³/mol. The van der Waals surface area contributed by atoms with E-state index in [1.54, 1.807) is 6.26 Å². The number of furan rings is 1. The Bertz CT molecular complexity index is 339. The van der Waals surface area contributed by atoms with Crippen molar-refractivity contribution in [3.05, 3.63) is 24.2 Å². The molecule has 1 fully saturated rings. The fourth-order valence-electron chi connectivity index (χ4n) is 3.00. The smallest absolute Gasteiger partial charge is 0.105 e. The summed E-state index contributed by atoms with van der Waals surface area (Å²) < 4.78 is 5.42. The third-order valence-corrected chi connectivity index (χ3v) is 4.31. The molecule has 2 nitrogen and oxygen atoms in total. The first-order chi connectivity index (χ1) is 7.89. The van der Waals surface area contributed by atoms with Crippen molar-refractivity contribution in [1.82, 2.24) is 0 Å². The molecule has 0 unspecified atom stereocenters. The topological polar surface area (TPSA) is 39.2 Å². The minimum atomic E-state index is -0.0421. The van der Waals surface area contributed by atoms with E-state index in [4.69, 9.17) is 10.2 Å². The molecule has 96 valence electrons. The quantitative estimate of drug-likeness (QED) is 0.847. The largest absolute Gasteiger partial charge is 0.469 e. The van der Waals surface area contributed by atoms with Gasteiger partial charge < -0.3 is 10.2 Å². The lowest BCUT2D eigenvalue weighted by molar-refractivity contribution is 0.131. The Hall–Kier alpha value is -0.760. The monoisotopic (exact) mass is 235 g/mol. The van der Waals surface area contributed by atoms with Crippen molar-refractivity contribution >= 4 is 0 Å². The third kappa shape index (κ3) is 3.12. The molecule has 1 aromatic rings. The minimum absolute atomic E-state index is 0.0421. The van der Waals surface area contributed by atoms with E-state index >= 15 is 0 Å². The zero-order valence-electron chi connectivity index (χ0n) is 11.3. The first-order valence-electron chi connectivity index (χ1n) is 6.70. The van der Waals surface area contributed by atoms with E-state index < -0.39 is 0 Å². The maximum absolute atomic E-state index is 6.50. The summed E-state index contributed by atoms with van der Waals surface area (Å²) >= 11 is 0. The van der Waals surface area contributed by atoms with Gasteiger partial charge in [-0.3, -0.25) is 0 Å². The normalized spacial score (nSPS) is 30.5. The lowest BCUT2D eigenvalue weighted by Gasteiger charge is -2.41. The summed E-state index contributed by atoms with van der Waals surface area (Å²) in [6.07, 6.45) is 7.36. The standard InChI is InChI=1S/C15H25NO/c1-14(2,3)12-6-8-15(16,9-7-12)11-13-5-4-10-17-13/h4-5,10,12H,6-9,11,16H2,1-3H3. The van der Waals surface area contributed by atoms with Crippen LogP contribution < -0.4 is 5.73 Å². The second-order valence-electron chi connectivity index (χ2n) is 6.76. The Morgan fingerprint density at radius 3 is 2.47 bits per heavy atom. The van der Waals surface area contributed by atoms with Crippen molar-refractivity contribution < 1.29 is 4.42 Å². The van der Waals surface area contributed by atoms with Gasteiger partial charge in [-0.25, -0.2) is 0 Å². The lowest BCUT2D eigenvalue weighted by Crippen LogP contribution is -2.46. The molecule has 1 aliphatic rings. The van der Waals surface area contributed by atoms with Gasteiger partial charge in [-0.2, -0.15) is 0 Å². The van der Waals surface area contributed by atoms with Crippen LogP contribution in [0.3, 0.4) is 0 Å². The molecule has 2 rings (SSSR count). The van der Waals surface area contributed by atoms with Crippen molar-refractivity contribution in [3.8, 4) is 0 Å². The summed E-state index contributed by atoms with van der Waals surface area (Å²) in [4.78, 5) is 0. The van der Waals surface area contributed by atoms with E-state index in [1.165, 1.54) is 12.8 Å². The highest BCUT2D eigenvalue weighted by Crippen LogP contribution is 2.41. The van der Waals surface area contributed by atoms with Gasteiger partial charge in [0, 0.05) is 12.0 Å². The molecular weight excluding hydrogens is 210 g/mol. The molecule has 1 saturated carbocycles. The van der Waals surface area contributed by atoms with E-state index in [0.29, 0.717) is 5.41 Å². The van der Waals surface area contributed by atoms with Gasteiger partial charge in [-0.15, -0.1) is 0 Å². The van der Waals surface area contributed by atoms with Crippen molar-refractivity contribution in [2.45, 2.75) is 58.4 Å². The highest BCUT2D eigenvalue weighted by Gasteiger charge is 2.36. The maximum Gasteiger partial charge on any atom is 0.105 e. The Kier molecular flexibility index (Phi) is 3.35. The van der Waals surface area contributed by atoms with Gasteiger partial charge in [0.05, 0.1) is 6.26 Å². The van der Waals surface area contributed by atoms with Gasteiger partial charge >= 0.3 is 0 Å². The zero-order valence-corrected chi connectivity index (χ0v) is 11.3. The fourth-order valence-corrected chi connectivity index (χ4v) is 3.00. The van der Waals surface area contributed by atoms with Crippen LogP contribution >= 0.6 is 0 Å². The molecule has 0 saturated heterocycles. The van der Waals surface area contributed by atoms with Crippen LogP contribution in [0.4, 0.5) is 0 Å². The lowest BCUT2D eigenvalue weighted by atomic mass is 9.66. The van der Waals surface area contributed by atoms with E-state index in [2.05, 4.69) is 20.8 Å². The third-order valence-electron chi connectivity index (χ3n) is 4.31. The van der Waals surface area contributed by atoms with E-state index in [9.17, 15) is 0 Å². The molecule has 0 spiro atoms. The van der Waals surface area contributed by atoms with Crippen molar-refractivity contribution in [1.29, 1.82) is 0 Å². The molecule has 0 bridgehead atoms. The van der Waals surface area contributed by atoms with Crippen LogP contribution in [0.1, 0.15) is 52.2 Å². The van der Waals surface area contributed by atoms with Crippen molar-refractivity contribution in [2.75, 3.05) is 0 Å². The molecule has 2 heteroatoms. The molecule has 0 amide bonds. The molecule has 0 aliphatic heterocycles. The van der Waals surface area contributed by atoms with Crippen LogP contribution in [0, 0.1) is 11.3 Å². The molecular formula is C15H25NO. The van der Waals surface area contributed by atoms with Gasteiger partial charge in [0.15, 0.2) is 0 Å². The van der Waals surface area contributed by atoms with Crippen LogP contribution in [-0.2, 0) is 6.42 Å². The summed E-state index contributed by atoms with van der Waals surface area (Å²) in [6, 6.07) is 3.98. The van der Waals surface area contributed by atoms with Crippen LogP contribution in [0.2, 0.25) is 0 Å². The van der Waals surface area contributed by atoms with Gasteiger partial charge in [0.2, 0.25) is 0 Å². The van der Waals surface area contributed by atoms with Crippen LogP contribution in [-0.4, -0.2) is 5.54 Å². The highest BCUT2D eigenvalue weighted by atomic mass is 16.3. The molecule has 0 aromatic carbocycles. The Labute approximate surface area is 105 Å². The SMILES string of the molecule is CC(C)(C)C1CCC(N)(Cc2ccco2)CC1. The first kappa shape index (κ1) is 12.7. The van der Waals surface area contributed by atoms with Crippen molar-refractivity contribution in [2.24, 2.45) is 17.1 Å². The van der Waals surface area contributed by atoms with Gasteiger partial charge in [-0.1, -0.05) is 20.8 Å². The van der Waals surface area contributed by atoms with E-state index in [0.717, 1.165) is 30.9 Å². The first-order valence-corrected chi connectivity index (χ1v) is 6.70.